The normalized spacial score (nSPS) is 13.6. The highest BCUT2D eigenvalue weighted by molar-refractivity contribution is 6.33. The molecule has 1 amide bonds. The molecule has 3 aromatic rings. The number of nitrogens with one attached hydrogen (secondary N) is 2. The fourth-order valence-corrected chi connectivity index (χ4v) is 3.05. The second-order valence-electron chi connectivity index (χ2n) is 6.38. The number of rotatable bonds is 6. The first kappa shape index (κ1) is 16.8. The maximum absolute atomic E-state index is 11.7. The molecule has 1 aliphatic rings. The monoisotopic (exact) mass is 366 g/mol. The Balaban J connectivity index is 1.58. The largest absolute Gasteiger partial charge is 0.368 e. The number of para-hydroxylation sites is 1. The third-order valence-electron chi connectivity index (χ3n) is 4.38. The van der Waals surface area contributed by atoms with E-state index in [1.165, 1.54) is 0 Å². The molecular formula is C20H19ClN4O. The number of carbonyl (C=O) groups excluding carboxylic acids is 1. The van der Waals surface area contributed by atoms with Gasteiger partial charge in [0, 0.05) is 30.0 Å². The molecule has 0 radical (unpaired) electrons. The Morgan fingerprint density at radius 3 is 2.62 bits per heavy atom. The van der Waals surface area contributed by atoms with Crippen LogP contribution in [0.5, 0.6) is 0 Å². The van der Waals surface area contributed by atoms with Crippen LogP contribution in [-0.2, 0) is 4.79 Å². The van der Waals surface area contributed by atoms with Crippen LogP contribution in [0.25, 0.3) is 22.3 Å². The van der Waals surface area contributed by atoms with Crippen molar-refractivity contribution in [2.75, 3.05) is 18.4 Å². The van der Waals surface area contributed by atoms with Crippen molar-refractivity contribution in [2.24, 2.45) is 5.92 Å². The SMILES string of the molecule is O=C(NCCNc1nc(-c2ccccc2Cl)nc2ccccc12)C1CC1. The van der Waals surface area contributed by atoms with Crippen molar-refractivity contribution in [3.63, 3.8) is 0 Å². The average Bonchev–Trinajstić information content (AvgIpc) is 3.50. The minimum Gasteiger partial charge on any atom is -0.368 e. The summed E-state index contributed by atoms with van der Waals surface area (Å²) in [5, 5.41) is 7.83. The lowest BCUT2D eigenvalue weighted by Crippen LogP contribution is -2.30. The summed E-state index contributed by atoms with van der Waals surface area (Å²) in [6, 6.07) is 15.4. The molecule has 1 heterocycles. The Bertz CT molecular complexity index is 955. The van der Waals surface area contributed by atoms with Crippen molar-refractivity contribution in [3.8, 4) is 11.4 Å². The Hall–Kier alpha value is -2.66. The molecule has 1 aliphatic carbocycles. The zero-order valence-corrected chi connectivity index (χ0v) is 15.0. The molecule has 1 fully saturated rings. The predicted octanol–water partition coefficient (Wildman–Crippen LogP) is 3.89. The zero-order valence-electron chi connectivity index (χ0n) is 14.2. The summed E-state index contributed by atoms with van der Waals surface area (Å²) in [4.78, 5) is 21.1. The topological polar surface area (TPSA) is 66.9 Å². The molecule has 1 saturated carbocycles. The Labute approximate surface area is 156 Å². The summed E-state index contributed by atoms with van der Waals surface area (Å²) < 4.78 is 0. The lowest BCUT2D eigenvalue weighted by atomic mass is 10.2. The molecule has 0 aliphatic heterocycles. The Morgan fingerprint density at radius 2 is 1.81 bits per heavy atom. The van der Waals surface area contributed by atoms with Crippen LogP contribution in [-0.4, -0.2) is 29.0 Å². The van der Waals surface area contributed by atoms with Crippen molar-refractivity contribution in [3.05, 3.63) is 53.6 Å². The summed E-state index contributed by atoms with van der Waals surface area (Å²) in [6.07, 6.45) is 2.02. The van der Waals surface area contributed by atoms with Crippen LogP contribution in [0.2, 0.25) is 5.02 Å². The molecule has 4 rings (SSSR count). The van der Waals surface area contributed by atoms with Crippen LogP contribution in [0.15, 0.2) is 48.5 Å². The van der Waals surface area contributed by atoms with E-state index in [9.17, 15) is 4.79 Å². The number of benzene rings is 2. The molecule has 0 saturated heterocycles. The van der Waals surface area contributed by atoms with Crippen LogP contribution in [0.4, 0.5) is 5.82 Å². The van der Waals surface area contributed by atoms with Gasteiger partial charge in [0.2, 0.25) is 5.91 Å². The van der Waals surface area contributed by atoms with E-state index in [4.69, 9.17) is 11.6 Å². The van der Waals surface area contributed by atoms with E-state index < -0.39 is 0 Å². The Kier molecular flexibility index (Phi) is 4.71. The number of amides is 1. The van der Waals surface area contributed by atoms with Gasteiger partial charge in [-0.25, -0.2) is 9.97 Å². The van der Waals surface area contributed by atoms with Crippen LogP contribution in [0.3, 0.4) is 0 Å². The number of fused-ring (bicyclic) bond motifs is 1. The maximum atomic E-state index is 11.7. The molecule has 6 heteroatoms. The van der Waals surface area contributed by atoms with Crippen LogP contribution in [0, 0.1) is 5.92 Å². The van der Waals surface area contributed by atoms with Crippen molar-refractivity contribution >= 4 is 34.2 Å². The van der Waals surface area contributed by atoms with Gasteiger partial charge in [0.05, 0.1) is 10.5 Å². The number of aromatic nitrogens is 2. The van der Waals surface area contributed by atoms with Crippen molar-refractivity contribution in [2.45, 2.75) is 12.8 Å². The third kappa shape index (κ3) is 3.63. The molecule has 5 nitrogen and oxygen atoms in total. The van der Waals surface area contributed by atoms with Crippen LogP contribution >= 0.6 is 11.6 Å². The van der Waals surface area contributed by atoms with Crippen LogP contribution in [0.1, 0.15) is 12.8 Å². The molecule has 26 heavy (non-hydrogen) atoms. The standard InChI is InChI=1S/C20H19ClN4O/c21-16-7-3-1-5-14(16)19-24-17-8-4-2-6-15(17)18(25-19)22-11-12-23-20(26)13-9-10-13/h1-8,13H,9-12H2,(H,23,26)(H,22,24,25). The highest BCUT2D eigenvalue weighted by Crippen LogP contribution is 2.29. The molecule has 2 N–H and O–H groups in total. The van der Waals surface area contributed by atoms with Gasteiger partial charge in [0.25, 0.3) is 0 Å². The highest BCUT2D eigenvalue weighted by Gasteiger charge is 2.28. The van der Waals surface area contributed by atoms with Gasteiger partial charge < -0.3 is 10.6 Å². The van der Waals surface area contributed by atoms with Gasteiger partial charge in [-0.2, -0.15) is 0 Å². The summed E-state index contributed by atoms with van der Waals surface area (Å²) in [6.45, 7) is 1.16. The number of hydrogen-bond acceptors (Lipinski definition) is 4. The number of hydrogen-bond donors (Lipinski definition) is 2. The van der Waals surface area contributed by atoms with Crippen molar-refractivity contribution in [1.29, 1.82) is 0 Å². The molecule has 0 unspecified atom stereocenters. The van der Waals surface area contributed by atoms with Crippen molar-refractivity contribution < 1.29 is 4.79 Å². The summed E-state index contributed by atoms with van der Waals surface area (Å²) in [5.74, 6) is 1.70. The first-order valence-corrected chi connectivity index (χ1v) is 9.13. The average molecular weight is 367 g/mol. The van der Waals surface area contributed by atoms with E-state index in [0.29, 0.717) is 23.9 Å². The minimum atomic E-state index is 0.149. The summed E-state index contributed by atoms with van der Waals surface area (Å²) >= 11 is 6.31. The molecule has 0 atom stereocenters. The van der Waals surface area contributed by atoms with Gasteiger partial charge in [0.1, 0.15) is 5.82 Å². The highest BCUT2D eigenvalue weighted by atomic mass is 35.5. The lowest BCUT2D eigenvalue weighted by Gasteiger charge is -2.12. The second kappa shape index (κ2) is 7.30. The first-order chi connectivity index (χ1) is 12.7. The van der Waals surface area contributed by atoms with Gasteiger partial charge in [-0.05, 0) is 37.1 Å². The quantitative estimate of drug-likeness (QED) is 0.649. The van der Waals surface area contributed by atoms with Gasteiger partial charge in [-0.1, -0.05) is 35.9 Å². The van der Waals surface area contributed by atoms with Gasteiger partial charge in [-0.3, -0.25) is 4.79 Å². The number of anilines is 1. The van der Waals surface area contributed by atoms with Gasteiger partial charge >= 0.3 is 0 Å². The summed E-state index contributed by atoms with van der Waals surface area (Å²) in [7, 11) is 0. The van der Waals surface area contributed by atoms with Crippen LogP contribution < -0.4 is 10.6 Å². The zero-order chi connectivity index (χ0) is 17.9. The fourth-order valence-electron chi connectivity index (χ4n) is 2.83. The number of halogens is 1. The van der Waals surface area contributed by atoms with Gasteiger partial charge in [-0.15, -0.1) is 0 Å². The molecule has 0 spiro atoms. The first-order valence-electron chi connectivity index (χ1n) is 8.75. The van der Waals surface area contributed by atoms with Crippen molar-refractivity contribution in [1.82, 2.24) is 15.3 Å². The van der Waals surface area contributed by atoms with E-state index >= 15 is 0 Å². The van der Waals surface area contributed by atoms with E-state index in [-0.39, 0.29) is 11.8 Å². The number of carbonyl (C=O) groups is 1. The Morgan fingerprint density at radius 1 is 1.04 bits per heavy atom. The van der Waals surface area contributed by atoms with E-state index in [1.807, 2.05) is 48.5 Å². The summed E-state index contributed by atoms with van der Waals surface area (Å²) in [5.41, 5.74) is 1.65. The predicted molar refractivity (Wildman–Crippen MR) is 104 cm³/mol. The molecule has 2 aromatic carbocycles. The maximum Gasteiger partial charge on any atom is 0.223 e. The third-order valence-corrected chi connectivity index (χ3v) is 4.71. The minimum absolute atomic E-state index is 0.149. The smallest absolute Gasteiger partial charge is 0.223 e. The molecule has 1 aromatic heterocycles. The second-order valence-corrected chi connectivity index (χ2v) is 6.79. The fraction of sp³-hybridized carbons (Fsp3) is 0.250. The van der Waals surface area contributed by atoms with E-state index in [0.717, 1.165) is 35.1 Å². The number of nitrogens with zero attached hydrogens (tertiary/aromatic N) is 2. The molecule has 132 valence electrons. The van der Waals surface area contributed by atoms with Gasteiger partial charge in [0.15, 0.2) is 5.82 Å². The lowest BCUT2D eigenvalue weighted by molar-refractivity contribution is -0.122. The van der Waals surface area contributed by atoms with E-state index in [2.05, 4.69) is 20.6 Å². The van der Waals surface area contributed by atoms with E-state index in [1.54, 1.807) is 0 Å². The molecular weight excluding hydrogens is 348 g/mol. The molecule has 0 bridgehead atoms.